The van der Waals surface area contributed by atoms with Crippen LogP contribution in [0.2, 0.25) is 0 Å². The normalized spacial score (nSPS) is 10.6. The number of pyridine rings is 1. The first-order valence-electron chi connectivity index (χ1n) is 6.25. The van der Waals surface area contributed by atoms with Gasteiger partial charge in [0.2, 0.25) is 5.88 Å². The standard InChI is InChI=1S/C15H15Br2NO3/c1-8-4-9(2)18-15(10(8)7-19)21-14-6-11(16)13(20-3)5-12(14)17/h4-6,19H,7H2,1-3H3. The minimum atomic E-state index is -0.122. The maximum atomic E-state index is 9.51. The third-order valence-electron chi connectivity index (χ3n) is 3.01. The van der Waals surface area contributed by atoms with Crippen molar-refractivity contribution >= 4 is 31.9 Å². The number of nitrogens with zero attached hydrogens (tertiary/aromatic N) is 1. The lowest BCUT2D eigenvalue weighted by molar-refractivity contribution is 0.274. The Labute approximate surface area is 140 Å². The molecule has 4 nitrogen and oxygen atoms in total. The topological polar surface area (TPSA) is 51.6 Å². The second-order valence-electron chi connectivity index (χ2n) is 4.54. The number of aliphatic hydroxyl groups excluding tert-OH is 1. The van der Waals surface area contributed by atoms with Crippen molar-refractivity contribution in [2.75, 3.05) is 7.11 Å². The van der Waals surface area contributed by atoms with Crippen molar-refractivity contribution < 1.29 is 14.6 Å². The number of aromatic nitrogens is 1. The van der Waals surface area contributed by atoms with Crippen molar-refractivity contribution in [2.45, 2.75) is 20.5 Å². The largest absolute Gasteiger partial charge is 0.496 e. The van der Waals surface area contributed by atoms with Crippen LogP contribution in [-0.2, 0) is 6.61 Å². The maximum Gasteiger partial charge on any atom is 0.225 e. The van der Waals surface area contributed by atoms with Gasteiger partial charge in [-0.1, -0.05) is 0 Å². The number of ether oxygens (including phenoxy) is 2. The molecule has 0 saturated heterocycles. The van der Waals surface area contributed by atoms with Gasteiger partial charge in [0, 0.05) is 11.3 Å². The first-order valence-corrected chi connectivity index (χ1v) is 7.83. The van der Waals surface area contributed by atoms with E-state index < -0.39 is 0 Å². The molecule has 21 heavy (non-hydrogen) atoms. The summed E-state index contributed by atoms with van der Waals surface area (Å²) >= 11 is 6.87. The van der Waals surface area contributed by atoms with Crippen molar-refractivity contribution in [3.05, 3.63) is 44.0 Å². The SMILES string of the molecule is COc1cc(Br)c(Oc2nc(C)cc(C)c2CO)cc1Br. The van der Waals surface area contributed by atoms with Gasteiger partial charge in [0.05, 0.1) is 22.7 Å². The van der Waals surface area contributed by atoms with Crippen LogP contribution in [0.25, 0.3) is 0 Å². The van der Waals surface area contributed by atoms with Crippen LogP contribution >= 0.6 is 31.9 Å². The number of rotatable bonds is 4. The van der Waals surface area contributed by atoms with Gasteiger partial charge >= 0.3 is 0 Å². The Morgan fingerprint density at radius 2 is 1.71 bits per heavy atom. The second-order valence-corrected chi connectivity index (χ2v) is 6.25. The molecule has 0 aliphatic rings. The van der Waals surface area contributed by atoms with Gasteiger partial charge in [-0.3, -0.25) is 0 Å². The smallest absolute Gasteiger partial charge is 0.225 e. The number of aryl methyl sites for hydroxylation is 2. The summed E-state index contributed by atoms with van der Waals surface area (Å²) in [4.78, 5) is 4.36. The lowest BCUT2D eigenvalue weighted by Crippen LogP contribution is -2.00. The third-order valence-corrected chi connectivity index (χ3v) is 4.25. The van der Waals surface area contributed by atoms with Crippen LogP contribution in [0.15, 0.2) is 27.1 Å². The molecule has 2 aromatic rings. The van der Waals surface area contributed by atoms with Crippen molar-refractivity contribution in [2.24, 2.45) is 0 Å². The monoisotopic (exact) mass is 415 g/mol. The summed E-state index contributed by atoms with van der Waals surface area (Å²) < 4.78 is 12.6. The molecule has 0 radical (unpaired) electrons. The lowest BCUT2D eigenvalue weighted by atomic mass is 10.1. The molecule has 1 aromatic carbocycles. The van der Waals surface area contributed by atoms with Gasteiger partial charge in [0.1, 0.15) is 11.5 Å². The number of hydrogen-bond acceptors (Lipinski definition) is 4. The molecule has 0 amide bonds. The van der Waals surface area contributed by atoms with Crippen LogP contribution in [0.5, 0.6) is 17.4 Å². The first-order chi connectivity index (χ1) is 9.96. The summed E-state index contributed by atoms with van der Waals surface area (Å²) in [6.07, 6.45) is 0. The van der Waals surface area contributed by atoms with Gasteiger partial charge in [0.25, 0.3) is 0 Å². The molecular formula is C15H15Br2NO3. The molecule has 6 heteroatoms. The zero-order chi connectivity index (χ0) is 15.6. The highest BCUT2D eigenvalue weighted by Crippen LogP contribution is 2.38. The zero-order valence-corrected chi connectivity index (χ0v) is 15.1. The Balaban J connectivity index is 2.45. The van der Waals surface area contributed by atoms with E-state index in [-0.39, 0.29) is 6.61 Å². The van der Waals surface area contributed by atoms with E-state index in [1.807, 2.05) is 19.9 Å². The molecule has 0 bridgehead atoms. The average molecular weight is 417 g/mol. The Hall–Kier alpha value is -1.11. The number of aliphatic hydroxyl groups is 1. The predicted octanol–water partition coefficient (Wildman–Crippen LogP) is 4.52. The number of halogens is 2. The molecular weight excluding hydrogens is 402 g/mol. The summed E-state index contributed by atoms with van der Waals surface area (Å²) in [5, 5.41) is 9.51. The van der Waals surface area contributed by atoms with E-state index in [0.717, 1.165) is 20.2 Å². The van der Waals surface area contributed by atoms with Crippen LogP contribution < -0.4 is 9.47 Å². The van der Waals surface area contributed by atoms with Gasteiger partial charge < -0.3 is 14.6 Å². The molecule has 0 saturated carbocycles. The fraction of sp³-hybridized carbons (Fsp3) is 0.267. The van der Waals surface area contributed by atoms with Crippen molar-refractivity contribution in [1.82, 2.24) is 4.98 Å². The fourth-order valence-corrected chi connectivity index (χ4v) is 2.84. The highest BCUT2D eigenvalue weighted by molar-refractivity contribution is 9.11. The fourth-order valence-electron chi connectivity index (χ4n) is 1.95. The van der Waals surface area contributed by atoms with E-state index in [0.29, 0.717) is 22.9 Å². The van der Waals surface area contributed by atoms with Crippen LogP contribution in [0, 0.1) is 13.8 Å². The minimum absolute atomic E-state index is 0.122. The summed E-state index contributed by atoms with van der Waals surface area (Å²) in [5.41, 5.74) is 2.46. The minimum Gasteiger partial charge on any atom is -0.496 e. The molecule has 112 valence electrons. The van der Waals surface area contributed by atoms with Gasteiger partial charge in [-0.25, -0.2) is 4.98 Å². The van der Waals surface area contributed by atoms with E-state index in [1.54, 1.807) is 19.2 Å². The molecule has 1 aromatic heterocycles. The maximum absolute atomic E-state index is 9.51. The van der Waals surface area contributed by atoms with Gasteiger partial charge in [-0.2, -0.15) is 0 Å². The van der Waals surface area contributed by atoms with Crippen molar-refractivity contribution in [3.63, 3.8) is 0 Å². The molecule has 0 spiro atoms. The Morgan fingerprint density at radius 3 is 2.33 bits per heavy atom. The van der Waals surface area contributed by atoms with E-state index in [4.69, 9.17) is 9.47 Å². The van der Waals surface area contributed by atoms with Crippen LogP contribution in [0.3, 0.4) is 0 Å². The highest BCUT2D eigenvalue weighted by Gasteiger charge is 2.14. The summed E-state index contributed by atoms with van der Waals surface area (Å²) in [6.45, 7) is 3.69. The molecule has 0 unspecified atom stereocenters. The second kappa shape index (κ2) is 6.77. The van der Waals surface area contributed by atoms with Crippen LogP contribution in [0.1, 0.15) is 16.8 Å². The summed E-state index contributed by atoms with van der Waals surface area (Å²) in [7, 11) is 1.60. The third kappa shape index (κ3) is 3.56. The van der Waals surface area contributed by atoms with E-state index >= 15 is 0 Å². The molecule has 0 aliphatic heterocycles. The van der Waals surface area contributed by atoms with Gasteiger partial charge in [0.15, 0.2) is 0 Å². The molecule has 2 rings (SSSR count). The van der Waals surface area contributed by atoms with Crippen molar-refractivity contribution in [1.29, 1.82) is 0 Å². The highest BCUT2D eigenvalue weighted by atomic mass is 79.9. The number of hydrogen-bond donors (Lipinski definition) is 1. The molecule has 1 N–H and O–H groups in total. The van der Waals surface area contributed by atoms with Gasteiger partial charge in [-0.05, 0) is 69.5 Å². The summed E-state index contributed by atoms with van der Waals surface area (Å²) in [5.74, 6) is 1.70. The van der Waals surface area contributed by atoms with E-state index in [1.165, 1.54) is 0 Å². The average Bonchev–Trinajstić information content (AvgIpc) is 2.42. The zero-order valence-electron chi connectivity index (χ0n) is 11.9. The molecule has 0 atom stereocenters. The molecule has 0 fully saturated rings. The Kier molecular flexibility index (Phi) is 5.24. The van der Waals surface area contributed by atoms with E-state index in [2.05, 4.69) is 36.8 Å². The summed E-state index contributed by atoms with van der Waals surface area (Å²) in [6, 6.07) is 5.52. The quantitative estimate of drug-likeness (QED) is 0.796. The first kappa shape index (κ1) is 16.3. The lowest BCUT2D eigenvalue weighted by Gasteiger charge is -2.14. The number of benzene rings is 1. The molecule has 0 aliphatic carbocycles. The Morgan fingerprint density at radius 1 is 1.10 bits per heavy atom. The molecule has 1 heterocycles. The predicted molar refractivity (Wildman–Crippen MR) is 88.1 cm³/mol. The van der Waals surface area contributed by atoms with E-state index in [9.17, 15) is 5.11 Å². The van der Waals surface area contributed by atoms with Crippen LogP contribution in [0.4, 0.5) is 0 Å². The Bertz CT molecular complexity index is 674. The van der Waals surface area contributed by atoms with Crippen molar-refractivity contribution in [3.8, 4) is 17.4 Å². The van der Waals surface area contributed by atoms with Crippen LogP contribution in [-0.4, -0.2) is 17.2 Å². The number of methoxy groups -OCH3 is 1. The van der Waals surface area contributed by atoms with Gasteiger partial charge in [-0.15, -0.1) is 0 Å².